The summed E-state index contributed by atoms with van der Waals surface area (Å²) >= 11 is 0. The fourth-order valence-corrected chi connectivity index (χ4v) is 7.33. The van der Waals surface area contributed by atoms with Gasteiger partial charge in [-0.2, -0.15) is 0 Å². The van der Waals surface area contributed by atoms with Gasteiger partial charge in [0.2, 0.25) is 0 Å². The molecule has 2 atom stereocenters. The fraction of sp³-hybridized carbons (Fsp3) is 0.579. The van der Waals surface area contributed by atoms with Crippen LogP contribution in [0.25, 0.3) is 0 Å². The number of hydrogen-bond donors (Lipinski definition) is 2. The van der Waals surface area contributed by atoms with Gasteiger partial charge in [-0.05, 0) is 216 Å². The van der Waals surface area contributed by atoms with Crippen molar-refractivity contribution in [1.29, 1.82) is 0 Å². The molecule has 0 saturated carbocycles. The molecule has 336 valence electrons. The Bertz CT molecular complexity index is 1630. The third-order valence-electron chi connectivity index (χ3n) is 11.6. The van der Waals surface area contributed by atoms with Gasteiger partial charge in [0.05, 0.1) is 13.2 Å². The average molecular weight is 823 g/mol. The van der Waals surface area contributed by atoms with Crippen LogP contribution in [0.15, 0.2) is 140 Å². The highest BCUT2D eigenvalue weighted by Crippen LogP contribution is 2.24. The molecule has 60 heavy (non-hydrogen) atoms. The number of hydrogen-bond acceptors (Lipinski definition) is 3. The first-order valence-corrected chi connectivity index (χ1v) is 23.5. The Hall–Kier alpha value is -3.40. The molecule has 2 N–H and O–H groups in total. The summed E-state index contributed by atoms with van der Waals surface area (Å²) in [6.07, 6.45) is 46.8. The predicted molar refractivity (Wildman–Crippen MR) is 266 cm³/mol. The van der Waals surface area contributed by atoms with E-state index in [1.165, 1.54) is 88.5 Å². The van der Waals surface area contributed by atoms with Gasteiger partial charge in [0.1, 0.15) is 11.9 Å². The van der Waals surface area contributed by atoms with Crippen molar-refractivity contribution in [1.82, 2.24) is 0 Å². The lowest BCUT2D eigenvalue weighted by Crippen LogP contribution is -2.22. The van der Waals surface area contributed by atoms with Gasteiger partial charge in [0, 0.05) is 0 Å². The van der Waals surface area contributed by atoms with Gasteiger partial charge in [-0.15, -0.1) is 0 Å². The van der Waals surface area contributed by atoms with E-state index in [9.17, 15) is 10.2 Å². The van der Waals surface area contributed by atoms with Crippen LogP contribution in [-0.2, 0) is 4.74 Å². The molecule has 0 amide bonds. The van der Waals surface area contributed by atoms with Crippen molar-refractivity contribution >= 4 is 0 Å². The second kappa shape index (κ2) is 33.3. The van der Waals surface area contributed by atoms with Gasteiger partial charge >= 0.3 is 0 Å². The summed E-state index contributed by atoms with van der Waals surface area (Å²) in [7, 11) is 1.53. The van der Waals surface area contributed by atoms with Crippen LogP contribution in [-0.4, -0.2) is 29.5 Å². The van der Waals surface area contributed by atoms with E-state index in [0.29, 0.717) is 12.2 Å². The van der Waals surface area contributed by atoms with E-state index < -0.39 is 12.2 Å². The number of ether oxygens (including phenoxy) is 1. The molecule has 0 spiro atoms. The number of rotatable bonds is 30. The smallest absolute Gasteiger partial charge is 0.132 e. The van der Waals surface area contributed by atoms with Crippen LogP contribution < -0.4 is 0 Å². The lowest BCUT2D eigenvalue weighted by atomic mass is 9.95. The summed E-state index contributed by atoms with van der Waals surface area (Å²) in [6.45, 7) is 24.8. The molecule has 0 saturated heterocycles. The van der Waals surface area contributed by atoms with Gasteiger partial charge in [0.15, 0.2) is 0 Å². The average Bonchev–Trinajstić information content (AvgIpc) is 3.17. The minimum atomic E-state index is -0.775. The molecule has 0 fully saturated rings. The van der Waals surface area contributed by atoms with Gasteiger partial charge in [-0.1, -0.05) is 116 Å². The normalized spacial score (nSPS) is 18.2. The molecule has 2 unspecified atom stereocenters. The molecule has 0 radical (unpaired) electrons. The number of allylic oxidation sites excluding steroid dienone is 20. The molecule has 3 nitrogen and oxygen atoms in total. The van der Waals surface area contributed by atoms with Gasteiger partial charge in [-0.25, -0.2) is 0 Å². The highest BCUT2D eigenvalue weighted by atomic mass is 16.5. The van der Waals surface area contributed by atoms with E-state index in [2.05, 4.69) is 137 Å². The molecule has 0 aromatic rings. The Balaban J connectivity index is 2.25. The van der Waals surface area contributed by atoms with Crippen molar-refractivity contribution in [3.8, 4) is 0 Å². The Kier molecular flexibility index (Phi) is 30.3. The first-order valence-electron chi connectivity index (χ1n) is 23.5. The standard InChI is InChI=1S/C57H90O3/c1-44(2)22-13-23-45(3)24-14-25-46(4)26-15-27-47(5)28-16-29-48(6)30-17-31-49(7)32-18-33-50(8)34-19-35-51(9)36-20-37-52(10)38-21-39-53(11)40-41-54-42-55(58)43-56(60-12)57(54)59/h22,24,26,28,30,32,34,36,38,40,42-43,55,57-59H,13-21,23,25,27,29,31,33,35,37,39,41H2,1-12H3. The van der Waals surface area contributed by atoms with Crippen LogP contribution in [0.3, 0.4) is 0 Å². The van der Waals surface area contributed by atoms with Crippen LogP contribution in [0.4, 0.5) is 0 Å². The second-order valence-corrected chi connectivity index (χ2v) is 18.2. The summed E-state index contributed by atoms with van der Waals surface area (Å²) in [6, 6.07) is 0. The molecule has 1 aliphatic carbocycles. The maximum atomic E-state index is 10.4. The molecule has 0 heterocycles. The summed E-state index contributed by atoms with van der Waals surface area (Å²) in [4.78, 5) is 0. The Morgan fingerprint density at radius 3 is 0.900 bits per heavy atom. The first-order chi connectivity index (χ1) is 28.6. The number of methoxy groups -OCH3 is 1. The predicted octanol–water partition coefficient (Wildman–Crippen LogP) is 17.1. The molecule has 1 rings (SSSR count). The molecule has 1 aliphatic rings. The Morgan fingerprint density at radius 1 is 0.400 bits per heavy atom. The molecular formula is C57H90O3. The molecule has 0 aromatic heterocycles. The quantitative estimate of drug-likeness (QED) is 0.0710. The van der Waals surface area contributed by atoms with Crippen molar-refractivity contribution in [3.05, 3.63) is 140 Å². The monoisotopic (exact) mass is 823 g/mol. The summed E-state index contributed by atoms with van der Waals surface area (Å²) in [5.74, 6) is 0.421. The maximum Gasteiger partial charge on any atom is 0.132 e. The topological polar surface area (TPSA) is 49.7 Å². The third kappa shape index (κ3) is 29.0. The van der Waals surface area contributed by atoms with Crippen molar-refractivity contribution in [2.45, 2.75) is 210 Å². The SMILES string of the molecule is COC1=CC(O)C=C(CC=C(C)CCC=C(C)CCC=C(C)CCC=C(C)CCC=C(C)CCC=C(C)CCC=C(C)CCC=C(C)CCC=C(C)CCC=C(C)C)C1O. The van der Waals surface area contributed by atoms with Crippen molar-refractivity contribution < 1.29 is 14.9 Å². The van der Waals surface area contributed by atoms with E-state index in [0.717, 1.165) is 95.5 Å². The Labute approximate surface area is 371 Å². The molecule has 0 aromatic carbocycles. The van der Waals surface area contributed by atoms with Crippen LogP contribution in [0, 0.1) is 0 Å². The highest BCUT2D eigenvalue weighted by molar-refractivity contribution is 5.31. The van der Waals surface area contributed by atoms with E-state index in [1.54, 1.807) is 12.2 Å². The highest BCUT2D eigenvalue weighted by Gasteiger charge is 2.22. The zero-order valence-electron chi connectivity index (χ0n) is 40.8. The van der Waals surface area contributed by atoms with Crippen LogP contribution in [0.1, 0.15) is 198 Å². The van der Waals surface area contributed by atoms with Crippen LogP contribution in [0.2, 0.25) is 0 Å². The third-order valence-corrected chi connectivity index (χ3v) is 11.6. The largest absolute Gasteiger partial charge is 0.498 e. The summed E-state index contributed by atoms with van der Waals surface area (Å²) in [5.41, 5.74) is 15.5. The summed E-state index contributed by atoms with van der Waals surface area (Å²) < 4.78 is 5.21. The molecule has 0 bridgehead atoms. The zero-order valence-corrected chi connectivity index (χ0v) is 40.8. The maximum absolute atomic E-state index is 10.4. The molecule has 3 heteroatoms. The lowest BCUT2D eigenvalue weighted by molar-refractivity contribution is 0.136. The number of aliphatic hydroxyl groups is 2. The van der Waals surface area contributed by atoms with Crippen molar-refractivity contribution in [3.63, 3.8) is 0 Å². The van der Waals surface area contributed by atoms with E-state index in [1.807, 2.05) is 0 Å². The van der Waals surface area contributed by atoms with E-state index >= 15 is 0 Å². The zero-order chi connectivity index (χ0) is 44.7. The fourth-order valence-electron chi connectivity index (χ4n) is 7.33. The van der Waals surface area contributed by atoms with Crippen LogP contribution in [0.5, 0.6) is 0 Å². The second-order valence-electron chi connectivity index (χ2n) is 18.2. The van der Waals surface area contributed by atoms with E-state index in [4.69, 9.17) is 4.74 Å². The van der Waals surface area contributed by atoms with Gasteiger partial charge in [-0.3, -0.25) is 0 Å². The Morgan fingerprint density at radius 2 is 0.650 bits per heavy atom. The van der Waals surface area contributed by atoms with E-state index in [-0.39, 0.29) is 0 Å². The minimum absolute atomic E-state index is 0.421. The van der Waals surface area contributed by atoms with Crippen molar-refractivity contribution in [2.24, 2.45) is 0 Å². The lowest BCUT2D eigenvalue weighted by Gasteiger charge is -2.22. The first kappa shape index (κ1) is 54.6. The minimum Gasteiger partial charge on any atom is -0.498 e. The van der Waals surface area contributed by atoms with Crippen molar-refractivity contribution in [2.75, 3.05) is 7.11 Å². The van der Waals surface area contributed by atoms with Gasteiger partial charge < -0.3 is 14.9 Å². The van der Waals surface area contributed by atoms with Crippen LogP contribution >= 0.6 is 0 Å². The summed E-state index contributed by atoms with van der Waals surface area (Å²) in [5, 5.41) is 20.4. The molecule has 0 aliphatic heterocycles. The van der Waals surface area contributed by atoms with Gasteiger partial charge in [0.25, 0.3) is 0 Å². The molecular weight excluding hydrogens is 733 g/mol. The number of aliphatic hydroxyl groups excluding tert-OH is 2.